The van der Waals surface area contributed by atoms with Crippen LogP contribution in [0.4, 0.5) is 5.82 Å². The van der Waals surface area contributed by atoms with Crippen molar-refractivity contribution in [3.8, 4) is 0 Å². The van der Waals surface area contributed by atoms with Gasteiger partial charge in [-0.15, -0.1) is 11.6 Å². The lowest BCUT2D eigenvalue weighted by molar-refractivity contribution is 0.168. The summed E-state index contributed by atoms with van der Waals surface area (Å²) in [5.41, 5.74) is -0.0740. The Hall–Kier alpha value is -1.03. The summed E-state index contributed by atoms with van der Waals surface area (Å²) in [5, 5.41) is 3.39. The summed E-state index contributed by atoms with van der Waals surface area (Å²) in [6, 6.07) is 0.347. The topological polar surface area (TPSA) is 46.9 Å². The maximum absolute atomic E-state index is 12.2. The van der Waals surface area contributed by atoms with Gasteiger partial charge in [-0.25, -0.2) is 4.98 Å². The fraction of sp³-hybridized carbons (Fsp3) is 0.692. The molecule has 1 aliphatic rings. The maximum Gasteiger partial charge on any atom is 0.293 e. The Balaban J connectivity index is 2.21. The van der Waals surface area contributed by atoms with E-state index in [1.54, 1.807) is 17.0 Å². The lowest BCUT2D eigenvalue weighted by Gasteiger charge is -2.49. The van der Waals surface area contributed by atoms with Gasteiger partial charge in [-0.2, -0.15) is 0 Å². The van der Waals surface area contributed by atoms with Crippen molar-refractivity contribution >= 4 is 17.4 Å². The molecule has 2 rings (SSSR count). The lowest BCUT2D eigenvalue weighted by Crippen LogP contribution is -2.55. The molecule has 5 heteroatoms. The van der Waals surface area contributed by atoms with Crippen molar-refractivity contribution < 1.29 is 0 Å². The molecular weight excluding hydrogens is 250 g/mol. The molecule has 0 amide bonds. The Bertz CT molecular complexity index is 495. The molecule has 1 N–H and O–H groups in total. The molecule has 0 bridgehead atoms. The first-order valence-electron chi connectivity index (χ1n) is 6.31. The molecule has 18 heavy (non-hydrogen) atoms. The van der Waals surface area contributed by atoms with E-state index in [1.807, 2.05) is 13.8 Å². The van der Waals surface area contributed by atoms with E-state index in [0.29, 0.717) is 5.82 Å². The third-order valence-corrected chi connectivity index (χ3v) is 4.62. The minimum atomic E-state index is -0.0682. The predicted octanol–water partition coefficient (Wildman–Crippen LogP) is 2.64. The number of alkyl halides is 1. The van der Waals surface area contributed by atoms with Crippen LogP contribution in [0.15, 0.2) is 17.2 Å². The fourth-order valence-corrected chi connectivity index (χ4v) is 2.54. The highest BCUT2D eigenvalue weighted by molar-refractivity contribution is 6.21. The van der Waals surface area contributed by atoms with Crippen molar-refractivity contribution in [3.63, 3.8) is 0 Å². The van der Waals surface area contributed by atoms with Gasteiger partial charge in [-0.05, 0) is 20.3 Å². The summed E-state index contributed by atoms with van der Waals surface area (Å²) in [4.78, 5) is 16.3. The largest absolute Gasteiger partial charge is 0.362 e. The zero-order chi connectivity index (χ0) is 13.5. The number of rotatable bonds is 3. The van der Waals surface area contributed by atoms with Gasteiger partial charge in [0, 0.05) is 35.3 Å². The summed E-state index contributed by atoms with van der Waals surface area (Å²) in [6.07, 6.45) is 4.24. The Morgan fingerprint density at radius 1 is 1.56 bits per heavy atom. The molecule has 1 saturated carbocycles. The third kappa shape index (κ3) is 2.14. The van der Waals surface area contributed by atoms with Crippen LogP contribution in [0.3, 0.4) is 0 Å². The Kier molecular flexibility index (Phi) is 3.41. The predicted molar refractivity (Wildman–Crippen MR) is 74.3 cm³/mol. The van der Waals surface area contributed by atoms with E-state index in [0.717, 1.165) is 6.42 Å². The number of hydrogen-bond acceptors (Lipinski definition) is 3. The molecule has 0 saturated heterocycles. The quantitative estimate of drug-likeness (QED) is 0.858. The molecular formula is C13H20ClN3O. The fourth-order valence-electron chi connectivity index (χ4n) is 2.21. The van der Waals surface area contributed by atoms with E-state index in [1.165, 1.54) is 0 Å². The highest BCUT2D eigenvalue weighted by Gasteiger charge is 2.47. The monoisotopic (exact) mass is 269 g/mol. The van der Waals surface area contributed by atoms with E-state index >= 15 is 0 Å². The summed E-state index contributed by atoms with van der Waals surface area (Å²) >= 11 is 6.18. The number of aromatic nitrogens is 2. The standard InChI is InChI=1S/C13H20ClN3O/c1-8(2)17-6-5-15-11(12(17)18)16-10-7-9(14)13(10,3)4/h5-6,8-10H,7H2,1-4H3,(H,15,16). The first-order chi connectivity index (χ1) is 8.34. The molecule has 2 atom stereocenters. The van der Waals surface area contributed by atoms with Crippen LogP contribution in [-0.4, -0.2) is 21.0 Å². The molecule has 1 aromatic rings. The van der Waals surface area contributed by atoms with Crippen LogP contribution in [-0.2, 0) is 0 Å². The molecule has 0 radical (unpaired) electrons. The van der Waals surface area contributed by atoms with Gasteiger partial charge in [0.15, 0.2) is 5.82 Å². The number of hydrogen-bond donors (Lipinski definition) is 1. The van der Waals surface area contributed by atoms with Crippen LogP contribution in [0, 0.1) is 5.41 Å². The zero-order valence-electron chi connectivity index (χ0n) is 11.3. The van der Waals surface area contributed by atoms with E-state index < -0.39 is 0 Å². The molecule has 0 spiro atoms. The third-order valence-electron chi connectivity index (χ3n) is 3.88. The highest BCUT2D eigenvalue weighted by Crippen LogP contribution is 2.45. The number of nitrogens with zero attached hydrogens (tertiary/aromatic N) is 2. The van der Waals surface area contributed by atoms with E-state index in [9.17, 15) is 4.79 Å². The van der Waals surface area contributed by atoms with Gasteiger partial charge in [0.25, 0.3) is 5.56 Å². The Morgan fingerprint density at radius 3 is 2.72 bits per heavy atom. The van der Waals surface area contributed by atoms with Crippen LogP contribution in [0.5, 0.6) is 0 Å². The first kappa shape index (κ1) is 13.4. The Labute approximate surface area is 112 Å². The maximum atomic E-state index is 12.2. The molecule has 100 valence electrons. The number of anilines is 1. The average molecular weight is 270 g/mol. The number of nitrogens with one attached hydrogen (secondary N) is 1. The lowest BCUT2D eigenvalue weighted by atomic mass is 9.67. The summed E-state index contributed by atoms with van der Waals surface area (Å²) in [6.45, 7) is 8.17. The van der Waals surface area contributed by atoms with Crippen molar-refractivity contribution in [2.45, 2.75) is 51.6 Å². The van der Waals surface area contributed by atoms with Crippen molar-refractivity contribution in [2.24, 2.45) is 5.41 Å². The van der Waals surface area contributed by atoms with Gasteiger partial charge in [0.05, 0.1) is 0 Å². The highest BCUT2D eigenvalue weighted by atomic mass is 35.5. The van der Waals surface area contributed by atoms with E-state index in [4.69, 9.17) is 11.6 Å². The second-order valence-electron chi connectivity index (χ2n) is 5.80. The van der Waals surface area contributed by atoms with Crippen LogP contribution < -0.4 is 10.9 Å². The number of halogens is 1. The Morgan fingerprint density at radius 2 is 2.22 bits per heavy atom. The second kappa shape index (κ2) is 4.57. The van der Waals surface area contributed by atoms with Gasteiger partial charge < -0.3 is 9.88 Å². The van der Waals surface area contributed by atoms with Crippen molar-refractivity contribution in [3.05, 3.63) is 22.7 Å². The smallest absolute Gasteiger partial charge is 0.293 e. The molecule has 1 aromatic heterocycles. The normalized spacial score (nSPS) is 25.9. The summed E-state index contributed by atoms with van der Waals surface area (Å²) in [7, 11) is 0. The average Bonchev–Trinajstić information content (AvgIpc) is 2.30. The van der Waals surface area contributed by atoms with Crippen molar-refractivity contribution in [2.75, 3.05) is 5.32 Å². The summed E-state index contributed by atoms with van der Waals surface area (Å²) in [5.74, 6) is 0.424. The molecule has 0 aliphatic heterocycles. The minimum absolute atomic E-state index is 0.00578. The zero-order valence-corrected chi connectivity index (χ0v) is 12.0. The van der Waals surface area contributed by atoms with Gasteiger partial charge in [0.2, 0.25) is 0 Å². The van der Waals surface area contributed by atoms with Crippen LogP contribution in [0.2, 0.25) is 0 Å². The van der Waals surface area contributed by atoms with Crippen molar-refractivity contribution in [1.29, 1.82) is 0 Å². The molecule has 0 aromatic carbocycles. The molecule has 1 heterocycles. The van der Waals surface area contributed by atoms with Crippen LogP contribution >= 0.6 is 11.6 Å². The van der Waals surface area contributed by atoms with Crippen LogP contribution in [0.25, 0.3) is 0 Å². The second-order valence-corrected chi connectivity index (χ2v) is 6.33. The molecule has 1 fully saturated rings. The van der Waals surface area contributed by atoms with Crippen molar-refractivity contribution in [1.82, 2.24) is 9.55 Å². The van der Waals surface area contributed by atoms with Gasteiger partial charge in [-0.3, -0.25) is 4.79 Å². The van der Waals surface area contributed by atoms with Crippen LogP contribution in [0.1, 0.15) is 40.2 Å². The molecule has 2 unspecified atom stereocenters. The van der Waals surface area contributed by atoms with Gasteiger partial charge in [0.1, 0.15) is 0 Å². The minimum Gasteiger partial charge on any atom is -0.362 e. The summed E-state index contributed by atoms with van der Waals surface area (Å²) < 4.78 is 1.68. The van der Waals surface area contributed by atoms with E-state index in [2.05, 4.69) is 24.1 Å². The van der Waals surface area contributed by atoms with Gasteiger partial charge >= 0.3 is 0 Å². The molecule has 4 nitrogen and oxygen atoms in total. The first-order valence-corrected chi connectivity index (χ1v) is 6.75. The molecule has 1 aliphatic carbocycles. The van der Waals surface area contributed by atoms with E-state index in [-0.39, 0.29) is 28.4 Å². The SMILES string of the molecule is CC(C)n1ccnc(NC2CC(Cl)C2(C)C)c1=O. The van der Waals surface area contributed by atoms with Gasteiger partial charge in [-0.1, -0.05) is 13.8 Å².